The second kappa shape index (κ2) is 7.10. The van der Waals surface area contributed by atoms with E-state index in [4.69, 9.17) is 11.6 Å². The van der Waals surface area contributed by atoms with Gasteiger partial charge in [0.05, 0.1) is 22.5 Å². The van der Waals surface area contributed by atoms with E-state index in [9.17, 15) is 22.7 Å². The minimum atomic E-state index is -3.67. The summed E-state index contributed by atoms with van der Waals surface area (Å²) in [5, 5.41) is 11.1. The molecule has 0 spiro atoms. The van der Waals surface area contributed by atoms with Crippen LogP contribution in [0, 0.1) is 5.82 Å². The Morgan fingerprint density at radius 3 is 2.73 bits per heavy atom. The van der Waals surface area contributed by atoms with E-state index >= 15 is 0 Å². The van der Waals surface area contributed by atoms with Crippen LogP contribution in [0.1, 0.15) is 21.5 Å². The summed E-state index contributed by atoms with van der Waals surface area (Å²) in [5.41, 5.74) is 0.896. The van der Waals surface area contributed by atoms with Gasteiger partial charge in [-0.25, -0.2) is 12.8 Å². The average Bonchev–Trinajstić information content (AvgIpc) is 3.01. The summed E-state index contributed by atoms with van der Waals surface area (Å²) < 4.78 is 40.0. The van der Waals surface area contributed by atoms with Crippen LogP contribution in [0.5, 0.6) is 5.75 Å². The van der Waals surface area contributed by atoms with Gasteiger partial charge in [0, 0.05) is 42.8 Å². The van der Waals surface area contributed by atoms with E-state index in [2.05, 4.69) is 4.98 Å². The Balaban J connectivity index is 1.90. The topological polar surface area (TPSA) is 90.8 Å². The zero-order chi connectivity index (χ0) is 21.8. The van der Waals surface area contributed by atoms with Crippen molar-refractivity contribution in [2.24, 2.45) is 0 Å². The molecule has 4 rings (SSSR count). The third kappa shape index (κ3) is 3.14. The van der Waals surface area contributed by atoms with Gasteiger partial charge in [-0.05, 0) is 18.2 Å². The fourth-order valence-electron chi connectivity index (χ4n) is 3.66. The number of phenolic OH excluding ortho intramolecular Hbond substituents is 1. The second-order valence-electron chi connectivity index (χ2n) is 7.05. The number of rotatable bonds is 4. The molecule has 0 atom stereocenters. The van der Waals surface area contributed by atoms with Crippen molar-refractivity contribution in [1.29, 1.82) is 0 Å². The molecule has 3 aromatic rings. The van der Waals surface area contributed by atoms with E-state index in [0.717, 1.165) is 10.6 Å². The van der Waals surface area contributed by atoms with E-state index in [1.54, 1.807) is 18.2 Å². The molecule has 1 N–H and O–H groups in total. The van der Waals surface area contributed by atoms with Crippen LogP contribution in [0.15, 0.2) is 36.5 Å². The fraction of sp³-hybridized carbons (Fsp3) is 0.200. The molecule has 1 amide bonds. The number of fused-ring (bicyclic) bond motifs is 2. The molecule has 30 heavy (non-hydrogen) atoms. The molecule has 0 fully saturated rings. The third-order valence-corrected chi connectivity index (χ3v) is 6.64. The number of aromatic nitrogens is 1. The van der Waals surface area contributed by atoms with Gasteiger partial charge in [0.2, 0.25) is 10.0 Å². The molecule has 0 saturated heterocycles. The summed E-state index contributed by atoms with van der Waals surface area (Å²) in [7, 11) is -2.30. The number of carbonyl (C=O) groups is 1. The molecule has 0 aliphatic carbocycles. The minimum absolute atomic E-state index is 0.00624. The van der Waals surface area contributed by atoms with Gasteiger partial charge in [-0.3, -0.25) is 14.1 Å². The lowest BCUT2D eigenvalue weighted by Crippen LogP contribution is -2.26. The standard InChI is InChI=1S/C20H17ClFN3O4S/c1-24(30(2,28)29)18-12-6-4-8-23-17(12)19(26)15-13(18)10-25(20(15)27)9-11-5-3-7-14(21)16(11)22/h3-8,26H,9-10H2,1-2H3. The molecule has 1 aliphatic heterocycles. The van der Waals surface area contributed by atoms with Gasteiger partial charge >= 0.3 is 0 Å². The van der Waals surface area contributed by atoms with Gasteiger partial charge in [0.15, 0.2) is 5.75 Å². The first-order chi connectivity index (χ1) is 14.1. The number of hydrogen-bond acceptors (Lipinski definition) is 5. The summed E-state index contributed by atoms with van der Waals surface area (Å²) >= 11 is 5.84. The number of amides is 1. The van der Waals surface area contributed by atoms with E-state index in [1.807, 2.05) is 0 Å². The van der Waals surface area contributed by atoms with Crippen LogP contribution in [0.4, 0.5) is 10.1 Å². The van der Waals surface area contributed by atoms with Gasteiger partial charge in [0.1, 0.15) is 11.3 Å². The normalized spacial score (nSPS) is 13.7. The van der Waals surface area contributed by atoms with E-state index in [0.29, 0.717) is 10.9 Å². The maximum absolute atomic E-state index is 14.4. The number of aromatic hydroxyl groups is 1. The van der Waals surface area contributed by atoms with Gasteiger partial charge < -0.3 is 10.0 Å². The second-order valence-corrected chi connectivity index (χ2v) is 9.48. The van der Waals surface area contributed by atoms with Gasteiger partial charge in [-0.15, -0.1) is 0 Å². The van der Waals surface area contributed by atoms with Crippen LogP contribution < -0.4 is 4.31 Å². The highest BCUT2D eigenvalue weighted by Crippen LogP contribution is 2.44. The first-order valence-electron chi connectivity index (χ1n) is 8.90. The third-order valence-electron chi connectivity index (χ3n) is 5.17. The van der Waals surface area contributed by atoms with Crippen LogP contribution in [0.25, 0.3) is 10.9 Å². The molecule has 0 unspecified atom stereocenters. The molecule has 2 heterocycles. The Hall–Kier alpha value is -2.91. The molecule has 10 heteroatoms. The molecule has 0 bridgehead atoms. The Bertz CT molecular complexity index is 1310. The number of pyridine rings is 1. The zero-order valence-corrected chi connectivity index (χ0v) is 17.6. The van der Waals surface area contributed by atoms with Crippen molar-refractivity contribution in [1.82, 2.24) is 9.88 Å². The van der Waals surface area contributed by atoms with E-state index < -0.39 is 21.7 Å². The van der Waals surface area contributed by atoms with Crippen molar-refractivity contribution in [3.63, 3.8) is 0 Å². The van der Waals surface area contributed by atoms with Crippen LogP contribution in [-0.2, 0) is 23.1 Å². The first-order valence-corrected chi connectivity index (χ1v) is 11.1. The molecule has 1 aliphatic rings. The maximum atomic E-state index is 14.4. The van der Waals surface area contributed by atoms with Crippen LogP contribution >= 0.6 is 11.6 Å². The lowest BCUT2D eigenvalue weighted by molar-refractivity contribution is 0.0763. The number of benzene rings is 2. The summed E-state index contributed by atoms with van der Waals surface area (Å²) in [6.45, 7) is -0.0984. The van der Waals surface area contributed by atoms with Crippen LogP contribution in [0.3, 0.4) is 0 Å². The van der Waals surface area contributed by atoms with Gasteiger partial charge in [0.25, 0.3) is 5.91 Å². The Labute approximate surface area is 177 Å². The molecular weight excluding hydrogens is 433 g/mol. The van der Waals surface area contributed by atoms with Crippen LogP contribution in [-0.4, -0.2) is 42.6 Å². The Morgan fingerprint density at radius 1 is 1.30 bits per heavy atom. The highest BCUT2D eigenvalue weighted by atomic mass is 35.5. The Morgan fingerprint density at radius 2 is 2.03 bits per heavy atom. The average molecular weight is 450 g/mol. The largest absolute Gasteiger partial charge is 0.505 e. The van der Waals surface area contributed by atoms with Crippen molar-refractivity contribution in [2.75, 3.05) is 17.6 Å². The summed E-state index contributed by atoms with van der Waals surface area (Å²) in [6.07, 6.45) is 2.49. The predicted octanol–water partition coefficient (Wildman–Crippen LogP) is 3.28. The number of anilines is 1. The van der Waals surface area contributed by atoms with Gasteiger partial charge in [-0.2, -0.15) is 0 Å². The first kappa shape index (κ1) is 20.4. The molecule has 1 aromatic heterocycles. The Kier molecular flexibility index (Phi) is 4.82. The quantitative estimate of drug-likeness (QED) is 0.660. The molecule has 156 valence electrons. The van der Waals surface area contributed by atoms with Gasteiger partial charge in [-0.1, -0.05) is 23.7 Å². The zero-order valence-electron chi connectivity index (χ0n) is 16.1. The molecule has 7 nitrogen and oxygen atoms in total. The number of phenols is 1. The van der Waals surface area contributed by atoms with Crippen molar-refractivity contribution in [2.45, 2.75) is 13.1 Å². The van der Waals surface area contributed by atoms with E-state index in [1.165, 1.54) is 30.3 Å². The van der Waals surface area contributed by atoms with Crippen molar-refractivity contribution >= 4 is 44.1 Å². The highest BCUT2D eigenvalue weighted by molar-refractivity contribution is 7.92. The molecule has 0 saturated carbocycles. The smallest absolute Gasteiger partial charge is 0.258 e. The monoisotopic (exact) mass is 449 g/mol. The van der Waals surface area contributed by atoms with Crippen molar-refractivity contribution in [3.8, 4) is 5.75 Å². The highest BCUT2D eigenvalue weighted by Gasteiger charge is 2.37. The molecular formula is C20H17ClFN3O4S. The predicted molar refractivity (Wildman–Crippen MR) is 112 cm³/mol. The lowest BCUT2D eigenvalue weighted by Gasteiger charge is -2.22. The number of sulfonamides is 1. The molecule has 2 aromatic carbocycles. The number of hydrogen-bond donors (Lipinski definition) is 1. The number of halogens is 2. The van der Waals surface area contributed by atoms with E-state index in [-0.39, 0.29) is 46.2 Å². The summed E-state index contributed by atoms with van der Waals surface area (Å²) in [6, 6.07) is 7.74. The number of nitrogens with zero attached hydrogens (tertiary/aromatic N) is 3. The maximum Gasteiger partial charge on any atom is 0.258 e. The van der Waals surface area contributed by atoms with Crippen molar-refractivity contribution < 1.29 is 22.7 Å². The SMILES string of the molecule is CN(c1c2c(c(O)c3ncccc13)C(=O)N(Cc1cccc(Cl)c1F)C2)S(C)(=O)=O. The molecule has 0 radical (unpaired) electrons. The number of carbonyl (C=O) groups excluding carboxylic acids is 1. The summed E-state index contributed by atoms with van der Waals surface area (Å²) in [4.78, 5) is 18.6. The minimum Gasteiger partial charge on any atom is -0.505 e. The van der Waals surface area contributed by atoms with Crippen molar-refractivity contribution in [3.05, 3.63) is 64.1 Å². The summed E-state index contributed by atoms with van der Waals surface area (Å²) in [5.74, 6) is -1.50. The lowest BCUT2D eigenvalue weighted by atomic mass is 10.0. The fourth-order valence-corrected chi connectivity index (χ4v) is 4.40. The van der Waals surface area contributed by atoms with Crippen LogP contribution in [0.2, 0.25) is 5.02 Å².